The Morgan fingerprint density at radius 3 is 2.23 bits per heavy atom. The first-order chi connectivity index (χ1) is 21.3. The van der Waals surface area contributed by atoms with Gasteiger partial charge in [0, 0.05) is 46.5 Å². The zero-order chi connectivity index (χ0) is 28.1. The van der Waals surface area contributed by atoms with E-state index in [1.807, 2.05) is 42.7 Å². The van der Waals surface area contributed by atoms with Crippen LogP contribution in [-0.2, 0) is 0 Å². The molecule has 5 heteroatoms. The molecule has 4 aromatic heterocycles. The molecule has 0 aliphatic heterocycles. The minimum Gasteiger partial charge on any atom is -0.456 e. The number of anilines is 3. The fourth-order valence-corrected chi connectivity index (χ4v) is 6.95. The highest BCUT2D eigenvalue weighted by Gasteiger charge is 2.26. The number of hydrogen-bond acceptors (Lipinski definition) is 5. The van der Waals surface area contributed by atoms with Crippen LogP contribution in [0.5, 0.6) is 0 Å². The third kappa shape index (κ3) is 3.05. The van der Waals surface area contributed by atoms with Crippen molar-refractivity contribution < 1.29 is 8.83 Å². The molecule has 0 spiro atoms. The van der Waals surface area contributed by atoms with Crippen LogP contribution in [0.4, 0.5) is 17.1 Å². The molecular formula is C38H21N3O2. The minimum absolute atomic E-state index is 0.765. The second-order valence-electron chi connectivity index (χ2n) is 11.0. The van der Waals surface area contributed by atoms with Crippen molar-refractivity contribution in [3.8, 4) is 22.3 Å². The van der Waals surface area contributed by atoms with Crippen LogP contribution in [0.25, 0.3) is 77.0 Å². The van der Waals surface area contributed by atoms with Gasteiger partial charge in [0.05, 0.1) is 16.8 Å². The average molecular weight is 552 g/mol. The predicted octanol–water partition coefficient (Wildman–Crippen LogP) is 10.5. The average Bonchev–Trinajstić information content (AvgIpc) is 3.73. The summed E-state index contributed by atoms with van der Waals surface area (Å²) in [6, 6.07) is 38.2. The summed E-state index contributed by atoms with van der Waals surface area (Å²) in [5.41, 5.74) is 12.2. The Balaban J connectivity index is 1.31. The van der Waals surface area contributed by atoms with Crippen molar-refractivity contribution in [2.75, 3.05) is 4.90 Å². The summed E-state index contributed by atoms with van der Waals surface area (Å²) < 4.78 is 12.6. The second kappa shape index (κ2) is 8.30. The fraction of sp³-hybridized carbons (Fsp3) is 0. The Labute approximate surface area is 245 Å². The molecule has 0 saturated heterocycles. The van der Waals surface area contributed by atoms with Crippen LogP contribution < -0.4 is 4.90 Å². The van der Waals surface area contributed by atoms with Gasteiger partial charge in [-0.3, -0.25) is 9.97 Å². The van der Waals surface area contributed by atoms with Crippen LogP contribution in [0.2, 0.25) is 0 Å². The molecule has 1 aliphatic rings. The molecule has 5 aromatic carbocycles. The van der Waals surface area contributed by atoms with E-state index in [-0.39, 0.29) is 0 Å². The summed E-state index contributed by atoms with van der Waals surface area (Å²) in [7, 11) is 0. The van der Waals surface area contributed by atoms with E-state index >= 15 is 0 Å². The number of pyridine rings is 2. The van der Waals surface area contributed by atoms with Gasteiger partial charge in [-0.25, -0.2) is 0 Å². The van der Waals surface area contributed by atoms with E-state index in [0.29, 0.717) is 0 Å². The van der Waals surface area contributed by atoms with E-state index in [4.69, 9.17) is 13.8 Å². The van der Waals surface area contributed by atoms with Crippen molar-refractivity contribution >= 4 is 71.8 Å². The van der Waals surface area contributed by atoms with Crippen molar-refractivity contribution in [1.82, 2.24) is 9.97 Å². The second-order valence-corrected chi connectivity index (χ2v) is 11.0. The van der Waals surface area contributed by atoms with E-state index in [1.165, 1.54) is 33.0 Å². The largest absolute Gasteiger partial charge is 0.456 e. The van der Waals surface area contributed by atoms with Gasteiger partial charge in [-0.05, 0) is 76.2 Å². The first kappa shape index (κ1) is 22.7. The zero-order valence-electron chi connectivity index (χ0n) is 22.8. The van der Waals surface area contributed by atoms with Gasteiger partial charge in [-0.2, -0.15) is 0 Å². The molecule has 0 bridgehead atoms. The van der Waals surface area contributed by atoms with Gasteiger partial charge in [-0.1, -0.05) is 54.6 Å². The number of nitrogens with zero attached hydrogens (tertiary/aromatic N) is 3. The maximum Gasteiger partial charge on any atom is 0.153 e. The third-order valence-electron chi connectivity index (χ3n) is 8.75. The van der Waals surface area contributed by atoms with Crippen LogP contribution in [0.3, 0.4) is 0 Å². The number of furan rings is 2. The highest BCUT2D eigenvalue weighted by atomic mass is 16.3. The molecule has 0 unspecified atom stereocenters. The van der Waals surface area contributed by atoms with Crippen molar-refractivity contribution in [2.24, 2.45) is 0 Å². The first-order valence-electron chi connectivity index (χ1n) is 14.3. The molecule has 0 N–H and O–H groups in total. The highest BCUT2D eigenvalue weighted by molar-refractivity contribution is 6.20. The molecular weight excluding hydrogens is 530 g/mol. The van der Waals surface area contributed by atoms with Gasteiger partial charge >= 0.3 is 0 Å². The van der Waals surface area contributed by atoms with Gasteiger partial charge < -0.3 is 13.7 Å². The molecule has 0 fully saturated rings. The normalized spacial score (nSPS) is 12.2. The number of aromatic nitrogens is 2. The highest BCUT2D eigenvalue weighted by Crippen LogP contribution is 2.52. The topological polar surface area (TPSA) is 55.3 Å². The summed E-state index contributed by atoms with van der Waals surface area (Å²) in [4.78, 5) is 11.4. The Morgan fingerprint density at radius 2 is 1.30 bits per heavy atom. The smallest absolute Gasteiger partial charge is 0.153 e. The summed E-state index contributed by atoms with van der Waals surface area (Å²) in [5.74, 6) is 0. The van der Waals surface area contributed by atoms with E-state index in [2.05, 4.69) is 88.7 Å². The lowest BCUT2D eigenvalue weighted by atomic mass is 9.99. The summed E-state index contributed by atoms with van der Waals surface area (Å²) in [6.45, 7) is 0. The predicted molar refractivity (Wildman–Crippen MR) is 173 cm³/mol. The fourth-order valence-electron chi connectivity index (χ4n) is 6.95. The molecule has 5 nitrogen and oxygen atoms in total. The Kier molecular flexibility index (Phi) is 4.39. The van der Waals surface area contributed by atoms with Gasteiger partial charge in [0.15, 0.2) is 5.58 Å². The Morgan fingerprint density at radius 1 is 0.488 bits per heavy atom. The van der Waals surface area contributed by atoms with Gasteiger partial charge in [0.2, 0.25) is 0 Å². The molecule has 200 valence electrons. The van der Waals surface area contributed by atoms with Gasteiger partial charge in [0.25, 0.3) is 0 Å². The Bertz CT molecular complexity index is 2560. The molecule has 1 aliphatic carbocycles. The molecule has 4 heterocycles. The van der Waals surface area contributed by atoms with Crippen LogP contribution in [0, 0.1) is 0 Å². The SMILES string of the molecule is c1ccc2c(c1)-c1cccc3c(N(c4ccc5c(c4)oc4ccncc45)c4cccc5oc6cccnc6c45)ccc-2c13. The van der Waals surface area contributed by atoms with Crippen LogP contribution in [0.1, 0.15) is 0 Å². The lowest BCUT2D eigenvalue weighted by Crippen LogP contribution is -2.11. The number of rotatable bonds is 3. The van der Waals surface area contributed by atoms with E-state index in [9.17, 15) is 0 Å². The number of hydrogen-bond donors (Lipinski definition) is 0. The van der Waals surface area contributed by atoms with Gasteiger partial charge in [-0.15, -0.1) is 0 Å². The van der Waals surface area contributed by atoms with Crippen LogP contribution in [-0.4, -0.2) is 9.97 Å². The maximum absolute atomic E-state index is 6.34. The third-order valence-corrected chi connectivity index (χ3v) is 8.75. The molecule has 43 heavy (non-hydrogen) atoms. The lowest BCUT2D eigenvalue weighted by molar-refractivity contribution is 0.668. The summed E-state index contributed by atoms with van der Waals surface area (Å²) in [6.07, 6.45) is 5.45. The van der Waals surface area contributed by atoms with Crippen LogP contribution >= 0.6 is 0 Å². The van der Waals surface area contributed by atoms with Crippen molar-refractivity contribution in [3.63, 3.8) is 0 Å². The Hall–Kier alpha value is -5.94. The zero-order valence-corrected chi connectivity index (χ0v) is 22.8. The van der Waals surface area contributed by atoms with E-state index in [0.717, 1.165) is 61.1 Å². The van der Waals surface area contributed by atoms with Crippen molar-refractivity contribution in [1.29, 1.82) is 0 Å². The molecule has 10 rings (SSSR count). The number of fused-ring (bicyclic) bond motifs is 9. The van der Waals surface area contributed by atoms with Gasteiger partial charge in [0.1, 0.15) is 22.3 Å². The van der Waals surface area contributed by atoms with Crippen molar-refractivity contribution in [3.05, 3.63) is 128 Å². The van der Waals surface area contributed by atoms with E-state index < -0.39 is 0 Å². The molecule has 0 amide bonds. The molecule has 9 aromatic rings. The standard InChI is InChI=1S/C38H21N3O2/c1-2-7-24-23(6-1)26-8-3-9-28-30(16-15-27(24)36(26)28)41(22-13-14-25-29-21-39-19-17-32(29)42-35(25)20-22)31-10-4-11-33-37(31)38-34(43-33)12-5-18-40-38/h1-21H. The summed E-state index contributed by atoms with van der Waals surface area (Å²) >= 11 is 0. The minimum atomic E-state index is 0.765. The molecule has 0 saturated carbocycles. The van der Waals surface area contributed by atoms with Crippen LogP contribution in [0.15, 0.2) is 137 Å². The lowest BCUT2D eigenvalue weighted by Gasteiger charge is -2.27. The monoisotopic (exact) mass is 551 g/mol. The van der Waals surface area contributed by atoms with E-state index in [1.54, 1.807) is 6.20 Å². The first-order valence-corrected chi connectivity index (χ1v) is 14.3. The molecule has 0 atom stereocenters. The molecule has 0 radical (unpaired) electrons. The quantitative estimate of drug-likeness (QED) is 0.219. The maximum atomic E-state index is 6.34. The van der Waals surface area contributed by atoms with Crippen molar-refractivity contribution in [2.45, 2.75) is 0 Å². The summed E-state index contributed by atoms with van der Waals surface area (Å²) in [5, 5.41) is 5.46. The number of benzene rings is 5.